The molecule has 0 heterocycles. The van der Waals surface area contributed by atoms with Crippen molar-refractivity contribution in [3.05, 3.63) is 63.1 Å². The SMILES string of the molecule is CC[C@@H](C(=O)NC(C)(C)C)N(Cc1ccc(Cl)cc1Cl)C(=O)CN(c1cc(C)ccc1C)S(=O)(=O)N(C)C. The van der Waals surface area contributed by atoms with Crippen molar-refractivity contribution < 1.29 is 18.0 Å². The summed E-state index contributed by atoms with van der Waals surface area (Å²) in [6.07, 6.45) is 0.308. The van der Waals surface area contributed by atoms with Gasteiger partial charge in [-0.25, -0.2) is 4.31 Å². The maximum absolute atomic E-state index is 14.0. The summed E-state index contributed by atoms with van der Waals surface area (Å²) >= 11 is 12.5. The number of rotatable bonds is 10. The fraction of sp³-hybridized carbons (Fsp3) is 0.481. The van der Waals surface area contributed by atoms with Crippen molar-refractivity contribution in [1.82, 2.24) is 14.5 Å². The topological polar surface area (TPSA) is 90.0 Å². The van der Waals surface area contributed by atoms with Gasteiger partial charge in [0.05, 0.1) is 5.69 Å². The lowest BCUT2D eigenvalue weighted by atomic mass is 10.1. The molecule has 38 heavy (non-hydrogen) atoms. The van der Waals surface area contributed by atoms with Crippen LogP contribution in [0.3, 0.4) is 0 Å². The molecule has 8 nitrogen and oxygen atoms in total. The zero-order valence-corrected chi connectivity index (χ0v) is 25.6. The van der Waals surface area contributed by atoms with Crippen LogP contribution < -0.4 is 9.62 Å². The monoisotopic (exact) mass is 584 g/mol. The summed E-state index contributed by atoms with van der Waals surface area (Å²) in [6, 6.07) is 9.46. The molecule has 0 fully saturated rings. The lowest BCUT2D eigenvalue weighted by Gasteiger charge is -2.35. The van der Waals surface area contributed by atoms with Gasteiger partial charge in [-0.15, -0.1) is 0 Å². The first-order valence-corrected chi connectivity index (χ1v) is 14.5. The van der Waals surface area contributed by atoms with Gasteiger partial charge in [-0.2, -0.15) is 12.7 Å². The van der Waals surface area contributed by atoms with Crippen molar-refractivity contribution in [3.63, 3.8) is 0 Å². The van der Waals surface area contributed by atoms with Crippen molar-refractivity contribution >= 4 is 50.9 Å². The Morgan fingerprint density at radius 3 is 2.18 bits per heavy atom. The van der Waals surface area contributed by atoms with Crippen LogP contribution in [0.4, 0.5) is 5.69 Å². The highest BCUT2D eigenvalue weighted by molar-refractivity contribution is 7.90. The van der Waals surface area contributed by atoms with Crippen LogP contribution in [0.1, 0.15) is 50.8 Å². The van der Waals surface area contributed by atoms with E-state index in [4.69, 9.17) is 23.2 Å². The van der Waals surface area contributed by atoms with E-state index in [9.17, 15) is 18.0 Å². The lowest BCUT2D eigenvalue weighted by Crippen LogP contribution is -2.55. The van der Waals surface area contributed by atoms with Gasteiger partial charge in [0.1, 0.15) is 12.6 Å². The van der Waals surface area contributed by atoms with Crippen LogP contribution in [-0.4, -0.2) is 61.7 Å². The van der Waals surface area contributed by atoms with Crippen LogP contribution in [0.5, 0.6) is 0 Å². The highest BCUT2D eigenvalue weighted by Gasteiger charge is 2.35. The van der Waals surface area contributed by atoms with Gasteiger partial charge >= 0.3 is 10.2 Å². The molecule has 11 heteroatoms. The zero-order chi connectivity index (χ0) is 29.0. The lowest BCUT2D eigenvalue weighted by molar-refractivity contribution is -0.141. The van der Waals surface area contributed by atoms with E-state index in [2.05, 4.69) is 5.32 Å². The smallest absolute Gasteiger partial charge is 0.304 e. The van der Waals surface area contributed by atoms with Gasteiger partial charge in [-0.1, -0.05) is 48.3 Å². The standard InChI is InChI=1S/C27H38Cl2N4O4S/c1-9-23(26(35)30-27(4,5)6)32(16-20-12-13-21(28)15-22(20)29)25(34)17-33(38(36,37)31(7)8)24-14-18(2)10-11-19(24)3/h10-15,23H,9,16-17H2,1-8H3,(H,30,35)/t23-/m0/s1. The Morgan fingerprint density at radius 1 is 1.03 bits per heavy atom. The number of amides is 2. The third-order valence-electron chi connectivity index (χ3n) is 5.89. The number of hydrogen-bond donors (Lipinski definition) is 1. The second kappa shape index (κ2) is 12.7. The van der Waals surface area contributed by atoms with Crippen molar-refractivity contribution in [1.29, 1.82) is 0 Å². The summed E-state index contributed by atoms with van der Waals surface area (Å²) in [5, 5.41) is 3.72. The van der Waals surface area contributed by atoms with Crippen LogP contribution in [0, 0.1) is 13.8 Å². The van der Waals surface area contributed by atoms with E-state index in [0.717, 1.165) is 14.2 Å². The molecule has 1 atom stereocenters. The molecule has 0 saturated heterocycles. The van der Waals surface area contributed by atoms with Gasteiger partial charge in [0.2, 0.25) is 11.8 Å². The molecule has 2 amide bonds. The van der Waals surface area contributed by atoms with E-state index in [1.165, 1.54) is 19.0 Å². The molecule has 0 aromatic heterocycles. The summed E-state index contributed by atoms with van der Waals surface area (Å²) in [4.78, 5) is 28.7. The zero-order valence-electron chi connectivity index (χ0n) is 23.3. The predicted octanol–water partition coefficient (Wildman–Crippen LogP) is 4.95. The maximum atomic E-state index is 14.0. The molecular formula is C27H38Cl2N4O4S. The molecule has 0 aliphatic rings. The van der Waals surface area contributed by atoms with Crippen molar-refractivity contribution in [2.75, 3.05) is 24.9 Å². The Kier molecular flexibility index (Phi) is 10.6. The molecule has 0 spiro atoms. The van der Waals surface area contributed by atoms with E-state index in [-0.39, 0.29) is 12.5 Å². The third-order valence-corrected chi connectivity index (χ3v) is 8.28. The molecule has 0 bridgehead atoms. The number of hydrogen-bond acceptors (Lipinski definition) is 4. The first kappa shape index (κ1) is 31.9. The summed E-state index contributed by atoms with van der Waals surface area (Å²) in [5.41, 5.74) is 1.98. The molecular weight excluding hydrogens is 547 g/mol. The number of aryl methyl sites for hydroxylation is 2. The molecule has 0 radical (unpaired) electrons. The quantitative estimate of drug-likeness (QED) is 0.428. The van der Waals surface area contributed by atoms with E-state index in [1.54, 1.807) is 38.1 Å². The molecule has 210 valence electrons. The van der Waals surface area contributed by atoms with Crippen molar-refractivity contribution in [2.24, 2.45) is 0 Å². The fourth-order valence-corrected chi connectivity index (χ4v) is 5.48. The Bertz CT molecular complexity index is 1280. The minimum Gasteiger partial charge on any atom is -0.350 e. The van der Waals surface area contributed by atoms with Gasteiger partial charge < -0.3 is 10.2 Å². The number of carbonyl (C=O) groups excluding carboxylic acids is 2. The van der Waals surface area contributed by atoms with Crippen LogP contribution in [-0.2, 0) is 26.3 Å². The first-order chi connectivity index (χ1) is 17.5. The van der Waals surface area contributed by atoms with Gasteiger partial charge in [0.15, 0.2) is 0 Å². The number of benzene rings is 2. The van der Waals surface area contributed by atoms with E-state index in [1.807, 2.05) is 39.8 Å². The molecule has 2 aromatic rings. The van der Waals surface area contributed by atoms with Gasteiger partial charge in [0, 0.05) is 36.2 Å². The number of nitrogens with zero attached hydrogens (tertiary/aromatic N) is 3. The Morgan fingerprint density at radius 2 is 1.66 bits per heavy atom. The Hall–Kier alpha value is -2.33. The number of nitrogens with one attached hydrogen (secondary N) is 1. The third kappa shape index (κ3) is 8.09. The van der Waals surface area contributed by atoms with Crippen LogP contribution in [0.2, 0.25) is 10.0 Å². The highest BCUT2D eigenvalue weighted by Crippen LogP contribution is 2.27. The summed E-state index contributed by atoms with van der Waals surface area (Å²) in [6.45, 7) is 10.5. The van der Waals surface area contributed by atoms with Crippen LogP contribution in [0.15, 0.2) is 36.4 Å². The minimum absolute atomic E-state index is 0.00639. The molecule has 0 aliphatic heterocycles. The minimum atomic E-state index is -4.05. The Labute approximate surface area is 237 Å². The largest absolute Gasteiger partial charge is 0.350 e. The second-order valence-electron chi connectivity index (χ2n) is 10.5. The molecule has 0 unspecified atom stereocenters. The van der Waals surface area contributed by atoms with Crippen molar-refractivity contribution in [3.8, 4) is 0 Å². The van der Waals surface area contributed by atoms with E-state index in [0.29, 0.717) is 33.3 Å². The Balaban J connectivity index is 2.61. The highest BCUT2D eigenvalue weighted by atomic mass is 35.5. The molecule has 0 aliphatic carbocycles. The number of halogens is 2. The van der Waals surface area contributed by atoms with Crippen molar-refractivity contribution in [2.45, 2.75) is 66.1 Å². The normalized spacial score (nSPS) is 12.8. The molecule has 0 saturated carbocycles. The summed E-state index contributed by atoms with van der Waals surface area (Å²) in [5.74, 6) is -0.884. The first-order valence-electron chi connectivity index (χ1n) is 12.3. The molecule has 2 rings (SSSR count). The second-order valence-corrected chi connectivity index (χ2v) is 13.4. The summed E-state index contributed by atoms with van der Waals surface area (Å²) < 4.78 is 29.0. The van der Waals surface area contributed by atoms with E-state index < -0.39 is 34.2 Å². The maximum Gasteiger partial charge on any atom is 0.304 e. The average Bonchev–Trinajstić information content (AvgIpc) is 2.78. The van der Waals surface area contributed by atoms with Crippen LogP contribution >= 0.6 is 23.2 Å². The number of carbonyl (C=O) groups is 2. The van der Waals surface area contributed by atoms with Gasteiger partial charge in [0.25, 0.3) is 0 Å². The number of anilines is 1. The van der Waals surface area contributed by atoms with Gasteiger partial charge in [-0.3, -0.25) is 9.59 Å². The molecule has 2 aromatic carbocycles. The summed E-state index contributed by atoms with van der Waals surface area (Å²) in [7, 11) is -1.23. The van der Waals surface area contributed by atoms with Crippen LogP contribution in [0.25, 0.3) is 0 Å². The van der Waals surface area contributed by atoms with E-state index >= 15 is 0 Å². The fourth-order valence-electron chi connectivity index (χ4n) is 3.90. The predicted molar refractivity (Wildman–Crippen MR) is 155 cm³/mol. The average molecular weight is 586 g/mol. The molecule has 1 N–H and O–H groups in total. The van der Waals surface area contributed by atoms with Gasteiger partial charge in [-0.05, 0) is 75.9 Å².